The summed E-state index contributed by atoms with van der Waals surface area (Å²) in [5, 5.41) is 9.45. The summed E-state index contributed by atoms with van der Waals surface area (Å²) in [4.78, 5) is 12.6. The molecule has 0 unspecified atom stereocenters. The van der Waals surface area contributed by atoms with Crippen LogP contribution in [0, 0.1) is 12.7 Å². The van der Waals surface area contributed by atoms with Gasteiger partial charge in [0, 0.05) is 24.9 Å². The molecule has 0 fully saturated rings. The van der Waals surface area contributed by atoms with Gasteiger partial charge in [-0.3, -0.25) is 0 Å². The van der Waals surface area contributed by atoms with E-state index in [9.17, 15) is 22.7 Å². The molecule has 0 bridgehead atoms. The summed E-state index contributed by atoms with van der Waals surface area (Å²) < 4.78 is 42.8. The molecular weight excluding hydrogens is 383 g/mol. The molecule has 0 saturated carbocycles. The van der Waals surface area contributed by atoms with Crippen LogP contribution in [0.25, 0.3) is 5.57 Å². The number of aliphatic hydroxyl groups excluding tert-OH is 1. The number of carbonyl (C=O) groups excluding carboxylic acids is 1. The lowest BCUT2D eigenvalue weighted by Crippen LogP contribution is -2.12. The molecule has 2 aromatic carbocycles. The number of hydrogen-bond donors (Lipinski definition) is 1. The minimum absolute atomic E-state index is 0.0114. The fourth-order valence-corrected chi connectivity index (χ4v) is 3.42. The Bertz CT molecular complexity index is 992. The van der Waals surface area contributed by atoms with E-state index in [2.05, 4.69) is 0 Å². The smallest absolute Gasteiger partial charge is 0.334 e. The van der Waals surface area contributed by atoms with Crippen LogP contribution >= 0.6 is 0 Å². The molecule has 28 heavy (non-hydrogen) atoms. The fraction of sp³-hybridized carbons (Fsp3) is 0.286. The highest BCUT2D eigenvalue weighted by Crippen LogP contribution is 2.31. The minimum Gasteiger partial charge on any atom is -0.463 e. The van der Waals surface area contributed by atoms with Gasteiger partial charge in [-0.15, -0.1) is 0 Å². The Kier molecular flexibility index (Phi) is 7.10. The summed E-state index contributed by atoms with van der Waals surface area (Å²) >= 11 is 0. The standard InChI is InChI=1S/C21H23FO5S/c1-4-27-21(24)18(11-12-23)20(16-6-5-14(2)19(22)13-16)15-7-9-17(10-8-15)28(3,25)26/h5-10,13,23H,4,11-12H2,1-3H3/b20-18-. The molecule has 1 N–H and O–H groups in total. The van der Waals surface area contributed by atoms with Crippen LogP contribution in [0.5, 0.6) is 0 Å². The van der Waals surface area contributed by atoms with E-state index in [0.29, 0.717) is 22.3 Å². The van der Waals surface area contributed by atoms with Gasteiger partial charge in [0.05, 0.1) is 11.5 Å². The lowest BCUT2D eigenvalue weighted by atomic mass is 9.91. The molecule has 0 atom stereocenters. The maximum absolute atomic E-state index is 14.2. The fourth-order valence-electron chi connectivity index (χ4n) is 2.79. The first-order valence-corrected chi connectivity index (χ1v) is 10.7. The summed E-state index contributed by atoms with van der Waals surface area (Å²) in [5.74, 6) is -1.05. The number of halogens is 1. The number of aryl methyl sites for hydroxylation is 1. The van der Waals surface area contributed by atoms with Crippen LogP contribution in [-0.4, -0.2) is 39.0 Å². The zero-order valence-corrected chi connectivity index (χ0v) is 16.8. The number of hydrogen-bond acceptors (Lipinski definition) is 5. The van der Waals surface area contributed by atoms with Crippen molar-refractivity contribution < 1.29 is 27.4 Å². The van der Waals surface area contributed by atoms with Crippen molar-refractivity contribution >= 4 is 21.4 Å². The number of rotatable bonds is 7. The van der Waals surface area contributed by atoms with Crippen LogP contribution in [-0.2, 0) is 19.4 Å². The molecule has 5 nitrogen and oxygen atoms in total. The van der Waals surface area contributed by atoms with Crippen molar-refractivity contribution in [2.75, 3.05) is 19.5 Å². The summed E-state index contributed by atoms with van der Waals surface area (Å²) in [6.07, 6.45) is 1.11. The van der Waals surface area contributed by atoms with Crippen molar-refractivity contribution in [2.45, 2.75) is 25.2 Å². The Morgan fingerprint density at radius 2 is 1.71 bits per heavy atom. The highest BCUT2D eigenvalue weighted by Gasteiger charge is 2.20. The number of benzene rings is 2. The second kappa shape index (κ2) is 9.12. The molecule has 2 rings (SSSR count). The van der Waals surface area contributed by atoms with Gasteiger partial charge in [0.25, 0.3) is 0 Å². The molecular formula is C21H23FO5S. The van der Waals surface area contributed by atoms with E-state index in [0.717, 1.165) is 6.26 Å². The monoisotopic (exact) mass is 406 g/mol. The van der Waals surface area contributed by atoms with Gasteiger partial charge >= 0.3 is 5.97 Å². The Labute approximate surface area is 164 Å². The number of carbonyl (C=O) groups is 1. The average molecular weight is 406 g/mol. The van der Waals surface area contributed by atoms with E-state index in [1.165, 1.54) is 18.2 Å². The number of esters is 1. The molecule has 0 saturated heterocycles. The second-order valence-electron chi connectivity index (χ2n) is 6.31. The first kappa shape index (κ1) is 21.8. The highest BCUT2D eigenvalue weighted by molar-refractivity contribution is 7.90. The average Bonchev–Trinajstić information content (AvgIpc) is 2.64. The highest BCUT2D eigenvalue weighted by atomic mass is 32.2. The summed E-state index contributed by atoms with van der Waals surface area (Å²) in [6.45, 7) is 3.15. The van der Waals surface area contributed by atoms with Crippen LogP contribution in [0.1, 0.15) is 30.0 Å². The normalized spacial score (nSPS) is 12.5. The molecule has 0 aliphatic heterocycles. The second-order valence-corrected chi connectivity index (χ2v) is 8.32. The molecule has 2 aromatic rings. The summed E-state index contributed by atoms with van der Waals surface area (Å²) in [5.41, 5.74) is 2.00. The van der Waals surface area contributed by atoms with Crippen LogP contribution < -0.4 is 0 Å². The predicted molar refractivity (Wildman–Crippen MR) is 105 cm³/mol. The third-order valence-electron chi connectivity index (χ3n) is 4.22. The summed E-state index contributed by atoms with van der Waals surface area (Å²) in [6, 6.07) is 10.5. The predicted octanol–water partition coefficient (Wildman–Crippen LogP) is 3.29. The maximum Gasteiger partial charge on any atom is 0.334 e. The van der Waals surface area contributed by atoms with Crippen molar-refractivity contribution in [2.24, 2.45) is 0 Å². The van der Waals surface area contributed by atoms with E-state index in [-0.39, 0.29) is 30.1 Å². The lowest BCUT2D eigenvalue weighted by molar-refractivity contribution is -0.138. The topological polar surface area (TPSA) is 80.7 Å². The molecule has 0 aromatic heterocycles. The Morgan fingerprint density at radius 3 is 2.21 bits per heavy atom. The zero-order chi connectivity index (χ0) is 20.9. The first-order valence-electron chi connectivity index (χ1n) is 8.77. The number of sulfone groups is 1. The van der Waals surface area contributed by atoms with Crippen molar-refractivity contribution in [3.63, 3.8) is 0 Å². The van der Waals surface area contributed by atoms with E-state index in [1.807, 2.05) is 0 Å². The molecule has 0 aliphatic rings. The molecule has 150 valence electrons. The van der Waals surface area contributed by atoms with Crippen LogP contribution in [0.15, 0.2) is 52.9 Å². The Balaban J connectivity index is 2.75. The molecule has 7 heteroatoms. The first-order chi connectivity index (χ1) is 13.2. The molecule has 0 amide bonds. The Morgan fingerprint density at radius 1 is 1.11 bits per heavy atom. The third-order valence-corrected chi connectivity index (χ3v) is 5.35. The van der Waals surface area contributed by atoms with Gasteiger partial charge in [-0.2, -0.15) is 0 Å². The van der Waals surface area contributed by atoms with Gasteiger partial charge in [-0.05, 0) is 54.3 Å². The largest absolute Gasteiger partial charge is 0.463 e. The van der Waals surface area contributed by atoms with E-state index in [4.69, 9.17) is 4.74 Å². The summed E-state index contributed by atoms with van der Waals surface area (Å²) in [7, 11) is -3.39. The maximum atomic E-state index is 14.2. The van der Waals surface area contributed by atoms with Crippen molar-refractivity contribution in [1.82, 2.24) is 0 Å². The van der Waals surface area contributed by atoms with Crippen LogP contribution in [0.4, 0.5) is 4.39 Å². The number of ether oxygens (including phenoxy) is 1. The zero-order valence-electron chi connectivity index (χ0n) is 16.0. The van der Waals surface area contributed by atoms with Gasteiger partial charge < -0.3 is 9.84 Å². The lowest BCUT2D eigenvalue weighted by Gasteiger charge is -2.16. The van der Waals surface area contributed by atoms with Crippen molar-refractivity contribution in [1.29, 1.82) is 0 Å². The molecule has 0 heterocycles. The van der Waals surface area contributed by atoms with Crippen molar-refractivity contribution in [3.05, 3.63) is 70.5 Å². The van der Waals surface area contributed by atoms with Crippen LogP contribution in [0.3, 0.4) is 0 Å². The Hall–Kier alpha value is -2.51. The van der Waals surface area contributed by atoms with Gasteiger partial charge in [0.15, 0.2) is 9.84 Å². The van der Waals surface area contributed by atoms with E-state index < -0.39 is 21.6 Å². The molecule has 0 radical (unpaired) electrons. The van der Waals surface area contributed by atoms with E-state index in [1.54, 1.807) is 38.1 Å². The van der Waals surface area contributed by atoms with Gasteiger partial charge in [0.2, 0.25) is 0 Å². The van der Waals surface area contributed by atoms with E-state index >= 15 is 0 Å². The number of aliphatic hydroxyl groups is 1. The van der Waals surface area contributed by atoms with Gasteiger partial charge in [0.1, 0.15) is 5.82 Å². The van der Waals surface area contributed by atoms with Gasteiger partial charge in [-0.25, -0.2) is 17.6 Å². The van der Waals surface area contributed by atoms with Gasteiger partial charge in [-0.1, -0.05) is 24.3 Å². The minimum atomic E-state index is -3.39. The van der Waals surface area contributed by atoms with Crippen LogP contribution in [0.2, 0.25) is 0 Å². The SMILES string of the molecule is CCOC(=O)/C(CCO)=C(/c1ccc(S(C)(=O)=O)cc1)c1ccc(C)c(F)c1. The molecule has 0 aliphatic carbocycles. The van der Waals surface area contributed by atoms with Crippen molar-refractivity contribution in [3.8, 4) is 0 Å². The molecule has 0 spiro atoms. The quantitative estimate of drug-likeness (QED) is 0.564. The third kappa shape index (κ3) is 5.05.